The molecule has 0 aromatic heterocycles. The van der Waals surface area contributed by atoms with Gasteiger partial charge in [0.15, 0.2) is 5.78 Å². The van der Waals surface area contributed by atoms with E-state index >= 15 is 0 Å². The van der Waals surface area contributed by atoms with Crippen LogP contribution < -0.4 is 0 Å². The highest BCUT2D eigenvalue weighted by Crippen LogP contribution is 2.49. The van der Waals surface area contributed by atoms with Crippen LogP contribution >= 0.6 is 0 Å². The summed E-state index contributed by atoms with van der Waals surface area (Å²) in [6.07, 6.45) is 4.86. The number of carbonyl (C=O) groups is 2. The summed E-state index contributed by atoms with van der Waals surface area (Å²) in [5, 5.41) is 0. The van der Waals surface area contributed by atoms with E-state index in [0.29, 0.717) is 23.9 Å². The number of hydrogen-bond donors (Lipinski definition) is 0. The first-order valence-corrected chi connectivity index (χ1v) is 7.89. The number of benzene rings is 1. The second kappa shape index (κ2) is 5.28. The Kier molecular flexibility index (Phi) is 3.60. The Balaban J connectivity index is 1.85. The molecule has 3 atom stereocenters. The van der Waals surface area contributed by atoms with Gasteiger partial charge in [-0.1, -0.05) is 43.2 Å². The molecule has 1 saturated heterocycles. The standard InChI is InChI=1S/C18H23NO2/c1-18(12-16(20)13-8-4-3-5-9-13)14-10-6-7-11-15(14)19(2)17(18)21/h3-5,8-9,14-15H,6-7,10-12H2,1-2H3. The van der Waals surface area contributed by atoms with Crippen molar-refractivity contribution >= 4 is 11.7 Å². The van der Waals surface area contributed by atoms with Crippen LogP contribution in [-0.4, -0.2) is 29.7 Å². The van der Waals surface area contributed by atoms with E-state index in [0.717, 1.165) is 12.8 Å². The molecule has 1 aliphatic carbocycles. The molecular weight excluding hydrogens is 262 g/mol. The summed E-state index contributed by atoms with van der Waals surface area (Å²) in [6, 6.07) is 9.67. The third kappa shape index (κ3) is 2.29. The summed E-state index contributed by atoms with van der Waals surface area (Å²) in [4.78, 5) is 27.2. The normalized spacial score (nSPS) is 32.1. The summed E-state index contributed by atoms with van der Waals surface area (Å²) >= 11 is 0. The van der Waals surface area contributed by atoms with Gasteiger partial charge in [0, 0.05) is 25.1 Å². The predicted molar refractivity (Wildman–Crippen MR) is 82.0 cm³/mol. The van der Waals surface area contributed by atoms with Crippen LogP contribution in [0.15, 0.2) is 30.3 Å². The van der Waals surface area contributed by atoms with Crippen LogP contribution in [0, 0.1) is 11.3 Å². The van der Waals surface area contributed by atoms with Crippen molar-refractivity contribution in [2.75, 3.05) is 7.05 Å². The minimum atomic E-state index is -0.521. The molecule has 0 N–H and O–H groups in total. The van der Waals surface area contributed by atoms with E-state index in [1.165, 1.54) is 12.8 Å². The van der Waals surface area contributed by atoms with Gasteiger partial charge in [0.1, 0.15) is 0 Å². The maximum Gasteiger partial charge on any atom is 0.229 e. The third-order valence-corrected chi connectivity index (χ3v) is 5.48. The number of carbonyl (C=O) groups excluding carboxylic acids is 2. The summed E-state index contributed by atoms with van der Waals surface area (Å²) < 4.78 is 0. The van der Waals surface area contributed by atoms with Gasteiger partial charge in [0.25, 0.3) is 0 Å². The Morgan fingerprint density at radius 1 is 1.24 bits per heavy atom. The van der Waals surface area contributed by atoms with Gasteiger partial charge < -0.3 is 4.90 Å². The quantitative estimate of drug-likeness (QED) is 0.799. The molecule has 1 saturated carbocycles. The molecule has 3 unspecified atom stereocenters. The second-order valence-electron chi connectivity index (χ2n) is 6.76. The van der Waals surface area contributed by atoms with Crippen LogP contribution in [0.2, 0.25) is 0 Å². The van der Waals surface area contributed by atoms with Gasteiger partial charge in [-0.15, -0.1) is 0 Å². The molecule has 3 heteroatoms. The highest BCUT2D eigenvalue weighted by molar-refractivity contribution is 6.00. The molecule has 0 bridgehead atoms. The fourth-order valence-corrected chi connectivity index (χ4v) is 4.30. The van der Waals surface area contributed by atoms with Gasteiger partial charge in [0.05, 0.1) is 5.41 Å². The Morgan fingerprint density at radius 3 is 2.62 bits per heavy atom. The van der Waals surface area contributed by atoms with Crippen molar-refractivity contribution in [3.63, 3.8) is 0 Å². The van der Waals surface area contributed by atoms with Crippen molar-refractivity contribution in [3.8, 4) is 0 Å². The van der Waals surface area contributed by atoms with Gasteiger partial charge in [-0.3, -0.25) is 9.59 Å². The number of nitrogens with zero attached hydrogens (tertiary/aromatic N) is 1. The van der Waals surface area contributed by atoms with Crippen LogP contribution in [0.3, 0.4) is 0 Å². The Labute approximate surface area is 126 Å². The Bertz CT molecular complexity index is 554. The largest absolute Gasteiger partial charge is 0.342 e. The van der Waals surface area contributed by atoms with E-state index in [1.54, 1.807) is 0 Å². The number of rotatable bonds is 3. The van der Waals surface area contributed by atoms with Gasteiger partial charge >= 0.3 is 0 Å². The molecule has 2 fully saturated rings. The maximum atomic E-state index is 12.7. The lowest BCUT2D eigenvalue weighted by atomic mass is 9.68. The molecule has 1 amide bonds. The zero-order chi connectivity index (χ0) is 15.0. The predicted octanol–water partition coefficient (Wildman–Crippen LogP) is 3.30. The van der Waals surface area contributed by atoms with Crippen LogP contribution in [0.4, 0.5) is 0 Å². The van der Waals surface area contributed by atoms with Crippen molar-refractivity contribution in [1.29, 1.82) is 0 Å². The highest BCUT2D eigenvalue weighted by Gasteiger charge is 2.55. The van der Waals surface area contributed by atoms with E-state index in [4.69, 9.17) is 0 Å². The molecule has 3 rings (SSSR count). The van der Waals surface area contributed by atoms with Gasteiger partial charge in [-0.2, -0.15) is 0 Å². The fraction of sp³-hybridized carbons (Fsp3) is 0.556. The summed E-state index contributed by atoms with van der Waals surface area (Å²) in [5.41, 5.74) is 0.195. The molecule has 1 aromatic carbocycles. The van der Waals surface area contributed by atoms with Crippen molar-refractivity contribution < 1.29 is 9.59 Å². The average Bonchev–Trinajstić information content (AvgIpc) is 2.71. The SMILES string of the molecule is CN1C(=O)C(C)(CC(=O)c2ccccc2)C2CCCCC21. The minimum absolute atomic E-state index is 0.0890. The summed E-state index contributed by atoms with van der Waals surface area (Å²) in [7, 11) is 1.91. The monoisotopic (exact) mass is 285 g/mol. The van der Waals surface area contributed by atoms with Crippen molar-refractivity contribution in [2.24, 2.45) is 11.3 Å². The zero-order valence-electron chi connectivity index (χ0n) is 12.8. The molecule has 2 aliphatic rings. The van der Waals surface area contributed by atoms with Crippen molar-refractivity contribution in [3.05, 3.63) is 35.9 Å². The van der Waals surface area contributed by atoms with E-state index < -0.39 is 5.41 Å². The third-order valence-electron chi connectivity index (χ3n) is 5.48. The second-order valence-corrected chi connectivity index (χ2v) is 6.76. The van der Waals surface area contributed by atoms with E-state index in [1.807, 2.05) is 49.2 Å². The number of hydrogen-bond acceptors (Lipinski definition) is 2. The molecule has 0 spiro atoms. The number of likely N-dealkylation sites (tertiary alicyclic amines) is 1. The first-order chi connectivity index (χ1) is 10.0. The van der Waals surface area contributed by atoms with Crippen LogP contribution in [-0.2, 0) is 4.79 Å². The molecule has 1 aromatic rings. The van der Waals surface area contributed by atoms with Crippen molar-refractivity contribution in [2.45, 2.75) is 45.1 Å². The molecule has 3 nitrogen and oxygen atoms in total. The topological polar surface area (TPSA) is 37.4 Å². The lowest BCUT2D eigenvalue weighted by molar-refractivity contribution is -0.135. The van der Waals surface area contributed by atoms with Crippen LogP contribution in [0.25, 0.3) is 0 Å². The Morgan fingerprint density at radius 2 is 1.90 bits per heavy atom. The first-order valence-electron chi connectivity index (χ1n) is 7.89. The number of amides is 1. The number of ketones is 1. The van der Waals surface area contributed by atoms with Gasteiger partial charge in [-0.25, -0.2) is 0 Å². The van der Waals surface area contributed by atoms with Crippen LogP contribution in [0.1, 0.15) is 49.4 Å². The highest BCUT2D eigenvalue weighted by atomic mass is 16.2. The van der Waals surface area contributed by atoms with Crippen molar-refractivity contribution in [1.82, 2.24) is 4.90 Å². The molecule has 1 aliphatic heterocycles. The summed E-state index contributed by atoms with van der Waals surface area (Å²) in [6.45, 7) is 2.00. The van der Waals surface area contributed by atoms with Crippen LogP contribution in [0.5, 0.6) is 0 Å². The lowest BCUT2D eigenvalue weighted by Crippen LogP contribution is -2.35. The first kappa shape index (κ1) is 14.3. The average molecular weight is 285 g/mol. The van der Waals surface area contributed by atoms with Gasteiger partial charge in [-0.05, 0) is 25.7 Å². The molecule has 21 heavy (non-hydrogen) atoms. The molecule has 0 radical (unpaired) electrons. The molecule has 1 heterocycles. The zero-order valence-corrected chi connectivity index (χ0v) is 12.8. The number of fused-ring (bicyclic) bond motifs is 1. The Hall–Kier alpha value is -1.64. The van der Waals surface area contributed by atoms with E-state index in [2.05, 4.69) is 0 Å². The maximum absolute atomic E-state index is 12.7. The minimum Gasteiger partial charge on any atom is -0.342 e. The fourth-order valence-electron chi connectivity index (χ4n) is 4.30. The van der Waals surface area contributed by atoms with E-state index in [9.17, 15) is 9.59 Å². The lowest BCUT2D eigenvalue weighted by Gasteiger charge is -2.34. The van der Waals surface area contributed by atoms with E-state index in [-0.39, 0.29) is 11.7 Å². The summed E-state index contributed by atoms with van der Waals surface area (Å²) in [5.74, 6) is 0.575. The number of Topliss-reactive ketones (excluding diaryl/α,β-unsaturated/α-hetero) is 1. The molecule has 112 valence electrons. The van der Waals surface area contributed by atoms with Gasteiger partial charge in [0.2, 0.25) is 5.91 Å². The molecular formula is C18H23NO2. The smallest absolute Gasteiger partial charge is 0.229 e.